The normalized spacial score (nSPS) is 10.9. The Labute approximate surface area is 248 Å². The fourth-order valence-electron chi connectivity index (χ4n) is 4.60. The third kappa shape index (κ3) is 13.0. The van der Waals surface area contributed by atoms with Crippen LogP contribution in [-0.2, 0) is 33.2 Å². The van der Waals surface area contributed by atoms with Crippen LogP contribution < -0.4 is 0 Å². The van der Waals surface area contributed by atoms with Crippen molar-refractivity contribution in [3.05, 3.63) is 71.8 Å². The zero-order valence-electron chi connectivity index (χ0n) is 23.5. The van der Waals surface area contributed by atoms with Crippen LogP contribution in [0.15, 0.2) is 49.1 Å². The number of unbranched alkanes of at least 4 members (excludes halogenated alkanes) is 1. The highest BCUT2D eigenvalue weighted by atomic mass is 35.5. The van der Waals surface area contributed by atoms with E-state index in [1.54, 1.807) is 0 Å². The molecule has 0 fully saturated rings. The SMILES string of the molecule is CCCN(CCC)CCCCN(C)Cc1ccc(CN(Cc2ncc[nH]2)Cc2nccn2C)cc1.Cl.Cl.Cl. The molecule has 216 valence electrons. The average molecular weight is 589 g/mol. The molecular weight excluding hydrogens is 541 g/mol. The summed E-state index contributed by atoms with van der Waals surface area (Å²) in [5, 5.41) is 0. The van der Waals surface area contributed by atoms with Crippen molar-refractivity contribution in [3.63, 3.8) is 0 Å². The number of imidazole rings is 2. The number of aromatic nitrogens is 4. The molecule has 0 bridgehead atoms. The second kappa shape index (κ2) is 20.3. The minimum atomic E-state index is 0. The molecule has 0 unspecified atom stereocenters. The summed E-state index contributed by atoms with van der Waals surface area (Å²) in [6.45, 7) is 12.8. The maximum Gasteiger partial charge on any atom is 0.122 e. The van der Waals surface area contributed by atoms with E-state index in [9.17, 15) is 0 Å². The Balaban J connectivity index is 0.00000456. The van der Waals surface area contributed by atoms with Crippen molar-refractivity contribution < 1.29 is 0 Å². The van der Waals surface area contributed by atoms with Crippen LogP contribution in [0.4, 0.5) is 0 Å². The molecule has 3 rings (SSSR count). The molecule has 0 aliphatic heterocycles. The largest absolute Gasteiger partial charge is 0.348 e. The first-order valence-electron chi connectivity index (χ1n) is 13.2. The molecule has 2 aromatic heterocycles. The predicted molar refractivity (Wildman–Crippen MR) is 166 cm³/mol. The zero-order valence-corrected chi connectivity index (χ0v) is 26.0. The van der Waals surface area contributed by atoms with Crippen LogP contribution in [0.25, 0.3) is 0 Å². The van der Waals surface area contributed by atoms with Gasteiger partial charge < -0.3 is 19.4 Å². The van der Waals surface area contributed by atoms with Gasteiger partial charge in [-0.05, 0) is 70.0 Å². The van der Waals surface area contributed by atoms with Gasteiger partial charge in [-0.3, -0.25) is 4.90 Å². The summed E-state index contributed by atoms with van der Waals surface area (Å²) in [5.74, 6) is 2.03. The Morgan fingerprint density at radius 2 is 1.37 bits per heavy atom. The standard InChI is InChI=1S/C28H45N7.3ClH/c1-5-16-34(17-6-2)19-8-7-18-32(3)21-25-9-11-26(12-10-25)22-35(23-27-29-13-14-30-27)24-28-31-15-20-33(28)4;;;/h9-15,20H,5-8,16-19,21-24H2,1-4H3,(H,29,30);3*1H. The highest BCUT2D eigenvalue weighted by Gasteiger charge is 2.12. The molecule has 1 aromatic carbocycles. The molecule has 10 heteroatoms. The molecule has 0 saturated heterocycles. The molecule has 0 aliphatic rings. The number of rotatable bonds is 17. The third-order valence-electron chi connectivity index (χ3n) is 6.44. The molecule has 0 aliphatic carbocycles. The number of aromatic amines is 1. The number of benzene rings is 1. The first-order chi connectivity index (χ1) is 17.1. The second-order valence-electron chi connectivity index (χ2n) is 9.74. The van der Waals surface area contributed by atoms with Crippen molar-refractivity contribution in [2.45, 2.75) is 65.7 Å². The predicted octanol–water partition coefficient (Wildman–Crippen LogP) is 5.95. The monoisotopic (exact) mass is 587 g/mol. The quantitative estimate of drug-likeness (QED) is 0.198. The van der Waals surface area contributed by atoms with Crippen LogP contribution in [-0.4, -0.2) is 67.4 Å². The van der Waals surface area contributed by atoms with Gasteiger partial charge in [0.1, 0.15) is 11.6 Å². The smallest absolute Gasteiger partial charge is 0.122 e. The van der Waals surface area contributed by atoms with Gasteiger partial charge in [-0.2, -0.15) is 0 Å². The van der Waals surface area contributed by atoms with Gasteiger partial charge in [0.25, 0.3) is 0 Å². The summed E-state index contributed by atoms with van der Waals surface area (Å²) >= 11 is 0. The zero-order chi connectivity index (χ0) is 24.9. The van der Waals surface area contributed by atoms with Crippen LogP contribution in [0.3, 0.4) is 0 Å². The summed E-state index contributed by atoms with van der Waals surface area (Å²) in [4.78, 5) is 19.6. The van der Waals surface area contributed by atoms with E-state index in [1.807, 2.05) is 31.8 Å². The molecule has 1 N–H and O–H groups in total. The van der Waals surface area contributed by atoms with E-state index in [-0.39, 0.29) is 37.2 Å². The van der Waals surface area contributed by atoms with Crippen LogP contribution in [0.5, 0.6) is 0 Å². The summed E-state index contributed by atoms with van der Waals surface area (Å²) in [5.41, 5.74) is 2.68. The molecule has 38 heavy (non-hydrogen) atoms. The minimum absolute atomic E-state index is 0. The number of nitrogens with zero attached hydrogens (tertiary/aromatic N) is 6. The van der Waals surface area contributed by atoms with E-state index in [1.165, 1.54) is 56.4 Å². The third-order valence-corrected chi connectivity index (χ3v) is 6.44. The van der Waals surface area contributed by atoms with Crippen molar-refractivity contribution >= 4 is 37.2 Å². The van der Waals surface area contributed by atoms with Gasteiger partial charge in [0.05, 0.1) is 13.1 Å². The van der Waals surface area contributed by atoms with Gasteiger partial charge in [0.15, 0.2) is 0 Å². The van der Waals surface area contributed by atoms with Gasteiger partial charge >= 0.3 is 0 Å². The minimum Gasteiger partial charge on any atom is -0.348 e. The number of hydrogen-bond donors (Lipinski definition) is 1. The summed E-state index contributed by atoms with van der Waals surface area (Å²) in [6, 6.07) is 9.10. The Bertz CT molecular complexity index is 942. The summed E-state index contributed by atoms with van der Waals surface area (Å²) in [6.07, 6.45) is 12.6. The lowest BCUT2D eigenvalue weighted by Gasteiger charge is -2.22. The van der Waals surface area contributed by atoms with Crippen LogP contribution in [0, 0.1) is 0 Å². The number of H-pyrrole nitrogens is 1. The second-order valence-corrected chi connectivity index (χ2v) is 9.74. The van der Waals surface area contributed by atoms with Crippen molar-refractivity contribution in [3.8, 4) is 0 Å². The Kier molecular flexibility index (Phi) is 19.5. The first kappa shape index (κ1) is 36.4. The van der Waals surface area contributed by atoms with E-state index in [4.69, 9.17) is 0 Å². The fourth-order valence-corrected chi connectivity index (χ4v) is 4.60. The van der Waals surface area contributed by atoms with Crippen molar-refractivity contribution in [2.75, 3.05) is 33.2 Å². The molecule has 0 saturated carbocycles. The lowest BCUT2D eigenvalue weighted by atomic mass is 10.1. The van der Waals surface area contributed by atoms with Crippen molar-refractivity contribution in [1.82, 2.24) is 34.2 Å². The van der Waals surface area contributed by atoms with Gasteiger partial charge in [-0.15, -0.1) is 37.2 Å². The van der Waals surface area contributed by atoms with Gasteiger partial charge in [-0.25, -0.2) is 9.97 Å². The number of nitrogens with one attached hydrogen (secondary N) is 1. The van der Waals surface area contributed by atoms with Crippen LogP contribution >= 0.6 is 37.2 Å². The molecule has 0 amide bonds. The highest BCUT2D eigenvalue weighted by Crippen LogP contribution is 2.14. The van der Waals surface area contributed by atoms with Gasteiger partial charge in [-0.1, -0.05) is 38.1 Å². The van der Waals surface area contributed by atoms with E-state index in [0.29, 0.717) is 0 Å². The van der Waals surface area contributed by atoms with Crippen LogP contribution in [0.2, 0.25) is 0 Å². The first-order valence-corrected chi connectivity index (χ1v) is 13.2. The van der Waals surface area contributed by atoms with Crippen molar-refractivity contribution in [1.29, 1.82) is 0 Å². The van der Waals surface area contributed by atoms with Gasteiger partial charge in [0, 0.05) is 44.9 Å². The van der Waals surface area contributed by atoms with E-state index in [2.05, 4.69) is 79.4 Å². The Hall–Kier alpha value is -1.61. The molecule has 2 heterocycles. The van der Waals surface area contributed by atoms with E-state index < -0.39 is 0 Å². The number of hydrogen-bond acceptors (Lipinski definition) is 5. The van der Waals surface area contributed by atoms with E-state index in [0.717, 1.165) is 44.4 Å². The topological polar surface area (TPSA) is 56.2 Å². The molecule has 0 radical (unpaired) electrons. The van der Waals surface area contributed by atoms with Crippen LogP contribution in [0.1, 0.15) is 62.3 Å². The molecule has 3 aromatic rings. The van der Waals surface area contributed by atoms with Crippen molar-refractivity contribution in [2.24, 2.45) is 7.05 Å². The number of aryl methyl sites for hydroxylation is 1. The summed E-state index contributed by atoms with van der Waals surface area (Å²) < 4.78 is 2.08. The fraction of sp³-hybridized carbons (Fsp3) is 0.571. The average Bonchev–Trinajstić information content (AvgIpc) is 3.50. The highest BCUT2D eigenvalue weighted by molar-refractivity contribution is 5.86. The number of halogens is 3. The molecular formula is C28H48Cl3N7. The maximum atomic E-state index is 4.51. The summed E-state index contributed by atoms with van der Waals surface area (Å²) in [7, 11) is 4.28. The Morgan fingerprint density at radius 3 is 1.92 bits per heavy atom. The molecule has 0 atom stereocenters. The Morgan fingerprint density at radius 1 is 0.737 bits per heavy atom. The lowest BCUT2D eigenvalue weighted by Crippen LogP contribution is -2.27. The maximum absolute atomic E-state index is 4.51. The molecule has 0 spiro atoms. The lowest BCUT2D eigenvalue weighted by molar-refractivity contribution is 0.233. The molecule has 7 nitrogen and oxygen atoms in total. The van der Waals surface area contributed by atoms with Gasteiger partial charge in [0.2, 0.25) is 0 Å². The van der Waals surface area contributed by atoms with E-state index >= 15 is 0 Å².